The molecule has 1 heterocycles. The van der Waals surface area contributed by atoms with E-state index in [0.29, 0.717) is 16.6 Å². The predicted molar refractivity (Wildman–Crippen MR) is 82.7 cm³/mol. The molecule has 2 amide bonds. The number of carbonyl (C=O) groups is 1. The second kappa shape index (κ2) is 6.95. The Hall–Kier alpha value is -2.27. The summed E-state index contributed by atoms with van der Waals surface area (Å²) in [5, 5.41) is 5.98. The van der Waals surface area contributed by atoms with Gasteiger partial charge in [0.1, 0.15) is 11.6 Å². The number of amides is 2. The highest BCUT2D eigenvalue weighted by atomic mass is 35.5. The molecule has 1 aromatic carbocycles. The van der Waals surface area contributed by atoms with Crippen LogP contribution in [0.25, 0.3) is 0 Å². The van der Waals surface area contributed by atoms with Crippen LogP contribution in [0.5, 0.6) is 5.75 Å². The summed E-state index contributed by atoms with van der Waals surface area (Å²) in [6, 6.07) is 10.2. The molecular weight excluding hydrogens is 290 g/mol. The summed E-state index contributed by atoms with van der Waals surface area (Å²) in [5.74, 6) is 1.15. The number of rotatable bonds is 4. The van der Waals surface area contributed by atoms with E-state index in [-0.39, 0.29) is 6.03 Å². The molecule has 2 N–H and O–H groups in total. The van der Waals surface area contributed by atoms with Crippen molar-refractivity contribution < 1.29 is 9.53 Å². The maximum Gasteiger partial charge on any atom is 0.323 e. The van der Waals surface area contributed by atoms with Crippen LogP contribution in [0.2, 0.25) is 5.02 Å². The summed E-state index contributed by atoms with van der Waals surface area (Å²) >= 11 is 5.80. The molecule has 5 nitrogen and oxygen atoms in total. The van der Waals surface area contributed by atoms with Gasteiger partial charge in [0.25, 0.3) is 0 Å². The van der Waals surface area contributed by atoms with Crippen LogP contribution in [0.1, 0.15) is 12.5 Å². The third kappa shape index (κ3) is 4.65. The van der Waals surface area contributed by atoms with Gasteiger partial charge in [0.15, 0.2) is 6.23 Å². The van der Waals surface area contributed by atoms with E-state index in [9.17, 15) is 4.79 Å². The summed E-state index contributed by atoms with van der Waals surface area (Å²) in [6.07, 6.45) is 1.13. The highest BCUT2D eigenvalue weighted by Gasteiger charge is 2.10. The van der Waals surface area contributed by atoms with Gasteiger partial charge in [0, 0.05) is 11.2 Å². The number of hydrogen-bond acceptors (Lipinski definition) is 3. The highest BCUT2D eigenvalue weighted by molar-refractivity contribution is 6.30. The number of benzene rings is 1. The lowest BCUT2D eigenvalue weighted by Crippen LogP contribution is -2.39. The number of halogens is 1. The first kappa shape index (κ1) is 15.1. The van der Waals surface area contributed by atoms with E-state index in [0.717, 1.165) is 5.56 Å². The molecule has 0 bridgehead atoms. The second-order valence-corrected chi connectivity index (χ2v) is 4.92. The molecule has 0 saturated heterocycles. The Labute approximate surface area is 128 Å². The number of pyridine rings is 1. The number of urea groups is 1. The van der Waals surface area contributed by atoms with Crippen molar-refractivity contribution >= 4 is 23.4 Å². The number of nitrogens with zero attached hydrogens (tertiary/aromatic N) is 1. The van der Waals surface area contributed by atoms with Crippen molar-refractivity contribution in [2.45, 2.75) is 20.1 Å². The van der Waals surface area contributed by atoms with Gasteiger partial charge in [-0.2, -0.15) is 0 Å². The first-order chi connectivity index (χ1) is 10.0. The van der Waals surface area contributed by atoms with Gasteiger partial charge in [-0.3, -0.25) is 5.32 Å². The molecule has 0 fully saturated rings. The zero-order chi connectivity index (χ0) is 15.2. The maximum atomic E-state index is 11.9. The fourth-order valence-electron chi connectivity index (χ4n) is 1.69. The van der Waals surface area contributed by atoms with Crippen LogP contribution in [0, 0.1) is 6.92 Å². The Morgan fingerprint density at radius 1 is 1.29 bits per heavy atom. The van der Waals surface area contributed by atoms with Crippen LogP contribution in [0.3, 0.4) is 0 Å². The number of carbonyl (C=O) groups excluding carboxylic acids is 1. The Morgan fingerprint density at radius 3 is 2.67 bits per heavy atom. The summed E-state index contributed by atoms with van der Waals surface area (Å²) in [5.41, 5.74) is 0.888. The van der Waals surface area contributed by atoms with Crippen LogP contribution < -0.4 is 15.4 Å². The van der Waals surface area contributed by atoms with E-state index < -0.39 is 6.23 Å². The number of anilines is 1. The van der Waals surface area contributed by atoms with Gasteiger partial charge in [0.2, 0.25) is 0 Å². The van der Waals surface area contributed by atoms with Crippen molar-refractivity contribution in [3.05, 3.63) is 53.2 Å². The van der Waals surface area contributed by atoms with Gasteiger partial charge in [-0.05, 0) is 49.7 Å². The van der Waals surface area contributed by atoms with E-state index in [1.165, 1.54) is 0 Å². The maximum absolute atomic E-state index is 11.9. The van der Waals surface area contributed by atoms with E-state index in [4.69, 9.17) is 16.3 Å². The first-order valence-corrected chi connectivity index (χ1v) is 6.84. The Balaban J connectivity index is 1.87. The first-order valence-electron chi connectivity index (χ1n) is 6.46. The fraction of sp³-hybridized carbons (Fsp3) is 0.200. The molecule has 1 unspecified atom stereocenters. The van der Waals surface area contributed by atoms with Crippen LogP contribution in [0.15, 0.2) is 42.6 Å². The van der Waals surface area contributed by atoms with Crippen molar-refractivity contribution in [2.75, 3.05) is 5.32 Å². The van der Waals surface area contributed by atoms with Gasteiger partial charge in [-0.15, -0.1) is 0 Å². The summed E-state index contributed by atoms with van der Waals surface area (Å²) in [7, 11) is 0. The lowest BCUT2D eigenvalue weighted by atomic mass is 10.3. The van der Waals surface area contributed by atoms with Crippen molar-refractivity contribution in [2.24, 2.45) is 0 Å². The minimum atomic E-state index is -0.491. The third-order valence-electron chi connectivity index (χ3n) is 2.70. The predicted octanol–water partition coefficient (Wildman–Crippen LogP) is 3.59. The topological polar surface area (TPSA) is 63.2 Å². The number of hydrogen-bond donors (Lipinski definition) is 2. The number of aromatic nitrogens is 1. The number of aryl methyl sites for hydroxylation is 1. The van der Waals surface area contributed by atoms with Crippen LogP contribution in [-0.4, -0.2) is 17.2 Å². The normalized spacial score (nSPS) is 11.6. The number of nitrogens with one attached hydrogen (secondary N) is 2. The van der Waals surface area contributed by atoms with Gasteiger partial charge in [0.05, 0.1) is 0 Å². The largest absolute Gasteiger partial charge is 0.471 e. The van der Waals surface area contributed by atoms with Crippen molar-refractivity contribution in [3.63, 3.8) is 0 Å². The smallest absolute Gasteiger partial charge is 0.323 e. The zero-order valence-electron chi connectivity index (χ0n) is 11.8. The third-order valence-corrected chi connectivity index (χ3v) is 2.95. The summed E-state index contributed by atoms with van der Waals surface area (Å²) < 4.78 is 5.56. The SMILES string of the molecule is Cc1cccnc1NC(=O)NC(C)Oc1ccc(Cl)cc1. The minimum Gasteiger partial charge on any atom is -0.471 e. The molecule has 0 aliphatic heterocycles. The average molecular weight is 306 g/mol. The minimum absolute atomic E-state index is 0.377. The van der Waals surface area contributed by atoms with Crippen LogP contribution in [0.4, 0.5) is 10.6 Å². The highest BCUT2D eigenvalue weighted by Crippen LogP contribution is 2.16. The van der Waals surface area contributed by atoms with Crippen molar-refractivity contribution in [3.8, 4) is 5.75 Å². The monoisotopic (exact) mass is 305 g/mol. The number of ether oxygens (including phenoxy) is 1. The fourth-order valence-corrected chi connectivity index (χ4v) is 1.82. The van der Waals surface area contributed by atoms with E-state index >= 15 is 0 Å². The lowest BCUT2D eigenvalue weighted by molar-refractivity contribution is 0.183. The van der Waals surface area contributed by atoms with Crippen LogP contribution >= 0.6 is 11.6 Å². The molecule has 0 aliphatic rings. The van der Waals surface area contributed by atoms with Gasteiger partial charge >= 0.3 is 6.03 Å². The van der Waals surface area contributed by atoms with Crippen LogP contribution in [-0.2, 0) is 0 Å². The summed E-state index contributed by atoms with van der Waals surface area (Å²) in [6.45, 7) is 3.61. The molecule has 0 radical (unpaired) electrons. The summed E-state index contributed by atoms with van der Waals surface area (Å²) in [4.78, 5) is 15.9. The quantitative estimate of drug-likeness (QED) is 0.849. The molecule has 0 spiro atoms. The standard InChI is InChI=1S/C15H16ClN3O2/c1-10-4-3-9-17-14(10)19-15(20)18-11(2)21-13-7-5-12(16)6-8-13/h3-9,11H,1-2H3,(H2,17,18,19,20). The molecule has 21 heavy (non-hydrogen) atoms. The zero-order valence-corrected chi connectivity index (χ0v) is 12.5. The molecule has 0 aliphatic carbocycles. The van der Waals surface area contributed by atoms with Crippen molar-refractivity contribution in [1.29, 1.82) is 0 Å². The second-order valence-electron chi connectivity index (χ2n) is 4.48. The van der Waals surface area contributed by atoms with E-state index in [2.05, 4.69) is 15.6 Å². The van der Waals surface area contributed by atoms with Gasteiger partial charge in [-0.25, -0.2) is 9.78 Å². The van der Waals surface area contributed by atoms with Gasteiger partial charge < -0.3 is 10.1 Å². The Morgan fingerprint density at radius 2 is 2.00 bits per heavy atom. The molecule has 2 rings (SSSR count). The average Bonchev–Trinajstić information content (AvgIpc) is 2.44. The molecule has 0 saturated carbocycles. The Kier molecular flexibility index (Phi) is 5.00. The molecule has 2 aromatic rings. The van der Waals surface area contributed by atoms with Crippen molar-refractivity contribution in [1.82, 2.24) is 10.3 Å². The molecular formula is C15H16ClN3O2. The molecule has 6 heteroatoms. The van der Waals surface area contributed by atoms with E-state index in [1.807, 2.05) is 19.1 Å². The molecule has 1 aromatic heterocycles. The molecule has 110 valence electrons. The lowest BCUT2D eigenvalue weighted by Gasteiger charge is -2.17. The van der Waals surface area contributed by atoms with E-state index in [1.54, 1.807) is 37.4 Å². The molecule has 1 atom stereocenters. The van der Waals surface area contributed by atoms with Gasteiger partial charge in [-0.1, -0.05) is 17.7 Å². The Bertz CT molecular complexity index is 617.